The van der Waals surface area contributed by atoms with Crippen LogP contribution in [0.1, 0.15) is 42.1 Å². The number of hydrogen-bond donors (Lipinski definition) is 2. The van der Waals surface area contributed by atoms with Gasteiger partial charge in [-0.2, -0.15) is 0 Å². The Morgan fingerprint density at radius 1 is 1.50 bits per heavy atom. The fourth-order valence-corrected chi connectivity index (χ4v) is 1.70. The molecule has 0 fully saturated rings. The summed E-state index contributed by atoms with van der Waals surface area (Å²) in [6, 6.07) is 4.45. The summed E-state index contributed by atoms with van der Waals surface area (Å²) in [5.74, 6) is -0.624. The van der Waals surface area contributed by atoms with Gasteiger partial charge in [0.05, 0.1) is 0 Å². The molecule has 0 radical (unpaired) electrons. The predicted octanol–water partition coefficient (Wildman–Crippen LogP) is 2.38. The molecule has 0 aromatic heterocycles. The van der Waals surface area contributed by atoms with Crippen LogP contribution < -0.4 is 11.1 Å². The van der Waals surface area contributed by atoms with Crippen LogP contribution in [-0.2, 0) is 0 Å². The molecule has 0 saturated carbocycles. The number of rotatable bonds is 6. The molecule has 1 rings (SSSR count). The average molecular weight is 252 g/mol. The maximum Gasteiger partial charge on any atom is 0.251 e. The minimum atomic E-state index is -0.361. The van der Waals surface area contributed by atoms with Gasteiger partial charge in [0.1, 0.15) is 5.82 Å². The molecule has 100 valence electrons. The highest BCUT2D eigenvalue weighted by Crippen LogP contribution is 2.09. The summed E-state index contributed by atoms with van der Waals surface area (Å²) >= 11 is 0. The number of nitrogens with one attached hydrogen (secondary N) is 1. The van der Waals surface area contributed by atoms with Crippen LogP contribution in [0.4, 0.5) is 4.39 Å². The molecule has 1 aromatic carbocycles. The van der Waals surface area contributed by atoms with E-state index < -0.39 is 0 Å². The van der Waals surface area contributed by atoms with E-state index in [2.05, 4.69) is 12.2 Å². The van der Waals surface area contributed by atoms with Crippen LogP contribution in [0.5, 0.6) is 0 Å². The Bertz CT molecular complexity index is 407. The first-order chi connectivity index (χ1) is 8.58. The summed E-state index contributed by atoms with van der Waals surface area (Å²) < 4.78 is 13.4. The first-order valence-electron chi connectivity index (χ1n) is 6.35. The van der Waals surface area contributed by atoms with E-state index in [0.717, 1.165) is 19.3 Å². The number of aryl methyl sites for hydroxylation is 1. The van der Waals surface area contributed by atoms with Gasteiger partial charge in [0.15, 0.2) is 0 Å². The van der Waals surface area contributed by atoms with Gasteiger partial charge in [0.25, 0.3) is 5.91 Å². The van der Waals surface area contributed by atoms with Gasteiger partial charge in [-0.15, -0.1) is 0 Å². The number of carbonyl (C=O) groups excluding carboxylic acids is 1. The van der Waals surface area contributed by atoms with E-state index in [1.807, 2.05) is 0 Å². The maximum atomic E-state index is 13.4. The third-order valence-corrected chi connectivity index (χ3v) is 2.96. The molecular weight excluding hydrogens is 231 g/mol. The molecule has 0 aliphatic carbocycles. The fourth-order valence-electron chi connectivity index (χ4n) is 1.70. The first-order valence-corrected chi connectivity index (χ1v) is 6.35. The normalized spacial score (nSPS) is 12.2. The van der Waals surface area contributed by atoms with Crippen LogP contribution in [-0.4, -0.2) is 18.5 Å². The molecule has 18 heavy (non-hydrogen) atoms. The molecule has 0 aliphatic rings. The molecule has 0 bridgehead atoms. The van der Waals surface area contributed by atoms with E-state index >= 15 is 0 Å². The van der Waals surface area contributed by atoms with E-state index in [-0.39, 0.29) is 17.8 Å². The fraction of sp³-hybridized carbons (Fsp3) is 0.500. The average Bonchev–Trinajstić information content (AvgIpc) is 2.37. The number of benzene rings is 1. The standard InChI is InChI=1S/C14H21FN2O/c1-3-4-5-12(9-16)17-14(18)11-7-6-10(2)13(15)8-11/h6-8,12H,3-5,9,16H2,1-2H3,(H,17,18). The van der Waals surface area contributed by atoms with Crippen molar-refractivity contribution in [2.24, 2.45) is 5.73 Å². The summed E-state index contributed by atoms with van der Waals surface area (Å²) in [6.45, 7) is 4.16. The van der Waals surface area contributed by atoms with E-state index in [1.54, 1.807) is 19.1 Å². The molecule has 3 nitrogen and oxygen atoms in total. The Balaban J connectivity index is 2.65. The van der Waals surface area contributed by atoms with Gasteiger partial charge in [-0.1, -0.05) is 25.8 Å². The molecule has 1 atom stereocenters. The molecule has 0 heterocycles. The summed E-state index contributed by atoms with van der Waals surface area (Å²) in [5, 5.41) is 2.83. The Morgan fingerprint density at radius 2 is 2.22 bits per heavy atom. The first kappa shape index (κ1) is 14.6. The van der Waals surface area contributed by atoms with Crippen molar-refractivity contribution in [2.45, 2.75) is 39.2 Å². The van der Waals surface area contributed by atoms with Gasteiger partial charge in [0.2, 0.25) is 0 Å². The molecule has 1 aromatic rings. The maximum absolute atomic E-state index is 13.4. The van der Waals surface area contributed by atoms with Crippen LogP contribution in [0.25, 0.3) is 0 Å². The summed E-state index contributed by atoms with van der Waals surface area (Å²) in [4.78, 5) is 11.9. The number of nitrogens with two attached hydrogens (primary N) is 1. The zero-order valence-corrected chi connectivity index (χ0v) is 11.0. The van der Waals surface area contributed by atoms with Crippen LogP contribution >= 0.6 is 0 Å². The lowest BCUT2D eigenvalue weighted by molar-refractivity contribution is 0.0935. The van der Waals surface area contributed by atoms with Gasteiger partial charge in [-0.25, -0.2) is 4.39 Å². The largest absolute Gasteiger partial charge is 0.348 e. The van der Waals surface area contributed by atoms with Crippen molar-refractivity contribution in [3.63, 3.8) is 0 Å². The number of hydrogen-bond acceptors (Lipinski definition) is 2. The molecule has 0 aliphatic heterocycles. The lowest BCUT2D eigenvalue weighted by Gasteiger charge is -2.16. The van der Waals surface area contributed by atoms with Crippen molar-refractivity contribution in [1.29, 1.82) is 0 Å². The highest BCUT2D eigenvalue weighted by molar-refractivity contribution is 5.94. The van der Waals surface area contributed by atoms with Crippen molar-refractivity contribution < 1.29 is 9.18 Å². The van der Waals surface area contributed by atoms with Gasteiger partial charge in [-0.05, 0) is 31.0 Å². The van der Waals surface area contributed by atoms with Crippen molar-refractivity contribution in [3.05, 3.63) is 35.1 Å². The zero-order chi connectivity index (χ0) is 13.5. The van der Waals surface area contributed by atoms with Crippen molar-refractivity contribution in [3.8, 4) is 0 Å². The van der Waals surface area contributed by atoms with Crippen molar-refractivity contribution in [2.75, 3.05) is 6.54 Å². The highest BCUT2D eigenvalue weighted by atomic mass is 19.1. The summed E-state index contributed by atoms with van der Waals surface area (Å²) in [5.41, 5.74) is 6.48. The van der Waals surface area contributed by atoms with E-state index in [4.69, 9.17) is 5.73 Å². The van der Waals surface area contributed by atoms with Crippen LogP contribution in [0.15, 0.2) is 18.2 Å². The second kappa shape index (κ2) is 7.11. The minimum Gasteiger partial charge on any atom is -0.348 e. The number of halogens is 1. The SMILES string of the molecule is CCCCC(CN)NC(=O)c1ccc(C)c(F)c1. The van der Waals surface area contributed by atoms with Gasteiger partial charge in [-0.3, -0.25) is 4.79 Å². The van der Waals surface area contributed by atoms with E-state index in [1.165, 1.54) is 6.07 Å². The number of carbonyl (C=O) groups is 1. The Labute approximate surface area is 108 Å². The third-order valence-electron chi connectivity index (χ3n) is 2.96. The molecule has 1 amide bonds. The Morgan fingerprint density at radius 3 is 2.78 bits per heavy atom. The summed E-state index contributed by atoms with van der Waals surface area (Å²) in [6.07, 6.45) is 2.93. The van der Waals surface area contributed by atoms with Crippen molar-refractivity contribution in [1.82, 2.24) is 5.32 Å². The van der Waals surface area contributed by atoms with Crippen LogP contribution in [0, 0.1) is 12.7 Å². The topological polar surface area (TPSA) is 55.1 Å². The smallest absolute Gasteiger partial charge is 0.251 e. The molecule has 3 N–H and O–H groups in total. The quantitative estimate of drug-likeness (QED) is 0.816. The van der Waals surface area contributed by atoms with E-state index in [0.29, 0.717) is 17.7 Å². The van der Waals surface area contributed by atoms with Gasteiger partial charge < -0.3 is 11.1 Å². The lowest BCUT2D eigenvalue weighted by atomic mass is 10.1. The monoisotopic (exact) mass is 252 g/mol. The Kier molecular flexibility index (Phi) is 5.78. The molecule has 1 unspecified atom stereocenters. The summed E-state index contributed by atoms with van der Waals surface area (Å²) in [7, 11) is 0. The molecule has 4 heteroatoms. The third kappa shape index (κ3) is 4.11. The predicted molar refractivity (Wildman–Crippen MR) is 71.0 cm³/mol. The lowest BCUT2D eigenvalue weighted by Crippen LogP contribution is -2.40. The number of amides is 1. The number of unbranched alkanes of at least 4 members (excludes halogenated alkanes) is 1. The second-order valence-electron chi connectivity index (χ2n) is 4.51. The molecule has 0 saturated heterocycles. The minimum absolute atomic E-state index is 0.0400. The van der Waals surface area contributed by atoms with Gasteiger partial charge in [0, 0.05) is 18.2 Å². The highest BCUT2D eigenvalue weighted by Gasteiger charge is 2.13. The zero-order valence-electron chi connectivity index (χ0n) is 11.0. The van der Waals surface area contributed by atoms with Gasteiger partial charge >= 0.3 is 0 Å². The molecular formula is C14H21FN2O. The Hall–Kier alpha value is -1.42. The van der Waals surface area contributed by atoms with Crippen LogP contribution in [0.2, 0.25) is 0 Å². The second-order valence-corrected chi connectivity index (χ2v) is 4.51. The van der Waals surface area contributed by atoms with Crippen LogP contribution in [0.3, 0.4) is 0 Å². The van der Waals surface area contributed by atoms with E-state index in [9.17, 15) is 9.18 Å². The molecule has 0 spiro atoms. The van der Waals surface area contributed by atoms with Crippen molar-refractivity contribution >= 4 is 5.91 Å².